The van der Waals surface area contributed by atoms with E-state index in [1.165, 1.54) is 7.11 Å². The van der Waals surface area contributed by atoms with Crippen molar-refractivity contribution in [3.63, 3.8) is 0 Å². The molecule has 1 fully saturated rings. The summed E-state index contributed by atoms with van der Waals surface area (Å²) in [5.41, 5.74) is -0.242. The molecular weight excluding hydrogens is 446 g/mol. The van der Waals surface area contributed by atoms with Crippen LogP contribution in [0.25, 0.3) is 0 Å². The number of halogens is 1. The molecule has 1 aromatic heterocycles. The molecule has 0 bridgehead atoms. The Morgan fingerprint density at radius 1 is 1.26 bits per heavy atom. The number of methoxy groups -OCH3 is 1. The largest absolute Gasteiger partial charge is 0.494 e. The van der Waals surface area contributed by atoms with Crippen LogP contribution < -0.4 is 25.0 Å². The Labute approximate surface area is 188 Å². The smallest absolute Gasteiger partial charge is 0.414 e. The van der Waals surface area contributed by atoms with Crippen LogP contribution in [-0.4, -0.2) is 50.3 Å². The lowest BCUT2D eigenvalue weighted by Gasteiger charge is -2.28. The molecule has 166 valence electrons. The molecule has 3 rings (SSSR count). The van der Waals surface area contributed by atoms with Crippen LogP contribution in [0.15, 0.2) is 30.3 Å². The molecule has 0 unspecified atom stereocenters. The van der Waals surface area contributed by atoms with E-state index in [4.69, 9.17) is 25.8 Å². The Morgan fingerprint density at radius 3 is 2.68 bits per heavy atom. The first-order chi connectivity index (χ1) is 14.7. The minimum atomic E-state index is -1.27. The van der Waals surface area contributed by atoms with E-state index in [1.54, 1.807) is 49.1 Å². The Bertz CT molecular complexity index is 993. The van der Waals surface area contributed by atoms with Crippen LogP contribution in [0.1, 0.15) is 13.8 Å². The average molecular weight is 468 g/mol. The number of carbonyl (C=O) groups is 3. The topological polar surface area (TPSA) is 106 Å². The van der Waals surface area contributed by atoms with Gasteiger partial charge in [0, 0.05) is 18.3 Å². The molecule has 0 spiro atoms. The summed E-state index contributed by atoms with van der Waals surface area (Å²) in [6, 6.07) is 8.12. The van der Waals surface area contributed by atoms with Crippen molar-refractivity contribution < 1.29 is 28.6 Å². The zero-order valence-electron chi connectivity index (χ0n) is 17.2. The number of nitrogens with one attached hydrogen (secondary N) is 2. The number of amides is 3. The van der Waals surface area contributed by atoms with Crippen molar-refractivity contribution in [1.82, 2.24) is 5.32 Å². The molecule has 11 heteroatoms. The highest BCUT2D eigenvalue weighted by Gasteiger charge is 2.31. The maximum Gasteiger partial charge on any atom is 0.414 e. The Balaban J connectivity index is 1.66. The quantitative estimate of drug-likeness (QED) is 0.675. The van der Waals surface area contributed by atoms with Gasteiger partial charge >= 0.3 is 6.09 Å². The van der Waals surface area contributed by atoms with Gasteiger partial charge in [-0.2, -0.15) is 0 Å². The van der Waals surface area contributed by atoms with E-state index >= 15 is 0 Å². The first-order valence-corrected chi connectivity index (χ1v) is 10.5. The molecule has 1 saturated heterocycles. The van der Waals surface area contributed by atoms with Crippen LogP contribution in [0.3, 0.4) is 0 Å². The fraction of sp³-hybridized carbons (Fsp3) is 0.350. The first kappa shape index (κ1) is 22.9. The highest BCUT2D eigenvalue weighted by atomic mass is 35.5. The summed E-state index contributed by atoms with van der Waals surface area (Å²) in [6.45, 7) is 3.94. The normalized spacial score (nSPS) is 14.2. The molecule has 9 nitrogen and oxygen atoms in total. The van der Waals surface area contributed by atoms with Gasteiger partial charge in [-0.3, -0.25) is 9.59 Å². The standard InChI is InChI=1S/C20H22ClN3O6S/c1-20(2,23-19(27)30-17-7-6-15(21)31-17)18(26)22-12-4-5-13(14(10-12)28-3)24-8-9-29-11-16(24)25/h4-7,10H,8-9,11H2,1-3H3,(H,22,26)(H,23,27). The highest BCUT2D eigenvalue weighted by molar-refractivity contribution is 7.17. The van der Waals surface area contributed by atoms with E-state index in [-0.39, 0.29) is 12.5 Å². The average Bonchev–Trinajstić information content (AvgIpc) is 3.12. The van der Waals surface area contributed by atoms with E-state index in [0.29, 0.717) is 39.7 Å². The van der Waals surface area contributed by atoms with Crippen molar-refractivity contribution >= 4 is 52.2 Å². The second-order valence-electron chi connectivity index (χ2n) is 7.14. The van der Waals surface area contributed by atoms with Crippen LogP contribution >= 0.6 is 22.9 Å². The number of hydrogen-bond donors (Lipinski definition) is 2. The SMILES string of the molecule is COc1cc(NC(=O)C(C)(C)NC(=O)Oc2ccc(Cl)s2)ccc1N1CCOCC1=O. The van der Waals surface area contributed by atoms with Crippen molar-refractivity contribution in [3.05, 3.63) is 34.7 Å². The van der Waals surface area contributed by atoms with Gasteiger partial charge in [-0.1, -0.05) is 22.9 Å². The van der Waals surface area contributed by atoms with Gasteiger partial charge in [-0.15, -0.1) is 0 Å². The molecule has 1 aliphatic rings. The zero-order valence-corrected chi connectivity index (χ0v) is 18.8. The summed E-state index contributed by atoms with van der Waals surface area (Å²) in [6.07, 6.45) is -0.780. The number of rotatable bonds is 6. The lowest BCUT2D eigenvalue weighted by atomic mass is 10.0. The maximum atomic E-state index is 12.7. The maximum absolute atomic E-state index is 12.7. The third-order valence-corrected chi connectivity index (χ3v) is 5.55. The second kappa shape index (κ2) is 9.54. The molecule has 2 heterocycles. The Hall–Kier alpha value is -2.82. The van der Waals surface area contributed by atoms with Crippen molar-refractivity contribution in [2.45, 2.75) is 19.4 Å². The van der Waals surface area contributed by atoms with E-state index in [2.05, 4.69) is 10.6 Å². The van der Waals surface area contributed by atoms with Crippen molar-refractivity contribution in [2.24, 2.45) is 0 Å². The van der Waals surface area contributed by atoms with E-state index in [0.717, 1.165) is 11.3 Å². The molecule has 0 atom stereocenters. The monoisotopic (exact) mass is 467 g/mol. The molecule has 31 heavy (non-hydrogen) atoms. The number of anilines is 2. The van der Waals surface area contributed by atoms with Gasteiger partial charge in [0.05, 0.1) is 23.7 Å². The fourth-order valence-electron chi connectivity index (χ4n) is 2.82. The number of ether oxygens (including phenoxy) is 3. The summed E-state index contributed by atoms with van der Waals surface area (Å²) < 4.78 is 16.2. The molecule has 1 aromatic carbocycles. The number of morpholine rings is 1. The minimum absolute atomic E-state index is 0.00920. The highest BCUT2D eigenvalue weighted by Crippen LogP contribution is 2.32. The second-order valence-corrected chi connectivity index (χ2v) is 8.81. The molecule has 0 radical (unpaired) electrons. The lowest BCUT2D eigenvalue weighted by molar-refractivity contribution is -0.125. The minimum Gasteiger partial charge on any atom is -0.494 e. The number of thiophene rings is 1. The van der Waals surface area contributed by atoms with E-state index < -0.39 is 17.5 Å². The molecule has 2 N–H and O–H groups in total. The van der Waals surface area contributed by atoms with Gasteiger partial charge in [0.25, 0.3) is 5.91 Å². The van der Waals surface area contributed by atoms with Crippen LogP contribution in [0, 0.1) is 0 Å². The molecule has 0 saturated carbocycles. The van der Waals surface area contributed by atoms with Crippen LogP contribution in [0.5, 0.6) is 10.8 Å². The number of benzene rings is 1. The zero-order chi connectivity index (χ0) is 22.6. The van der Waals surface area contributed by atoms with Crippen molar-refractivity contribution in [3.8, 4) is 10.8 Å². The van der Waals surface area contributed by atoms with Crippen molar-refractivity contribution in [2.75, 3.05) is 37.1 Å². The number of hydrogen-bond acceptors (Lipinski definition) is 7. The summed E-state index contributed by atoms with van der Waals surface area (Å²) in [5, 5.41) is 5.58. The molecule has 0 aliphatic carbocycles. The van der Waals surface area contributed by atoms with Crippen LogP contribution in [-0.2, 0) is 14.3 Å². The van der Waals surface area contributed by atoms with Gasteiger partial charge in [-0.25, -0.2) is 4.79 Å². The predicted molar refractivity (Wildman–Crippen MR) is 117 cm³/mol. The van der Waals surface area contributed by atoms with Gasteiger partial charge in [0.2, 0.25) is 5.91 Å². The number of carbonyl (C=O) groups excluding carboxylic acids is 3. The van der Waals surface area contributed by atoms with Crippen molar-refractivity contribution in [1.29, 1.82) is 0 Å². The Kier molecular flexibility index (Phi) is 7.04. The van der Waals surface area contributed by atoms with Crippen LogP contribution in [0.4, 0.5) is 16.2 Å². The summed E-state index contributed by atoms with van der Waals surface area (Å²) in [7, 11) is 1.48. The van der Waals surface area contributed by atoms with E-state index in [1.807, 2.05) is 0 Å². The summed E-state index contributed by atoms with van der Waals surface area (Å²) >= 11 is 6.92. The van der Waals surface area contributed by atoms with Gasteiger partial charge in [0.15, 0.2) is 5.06 Å². The molecule has 2 aromatic rings. The number of nitrogens with zero attached hydrogens (tertiary/aromatic N) is 1. The summed E-state index contributed by atoms with van der Waals surface area (Å²) in [5.74, 6) is -0.212. The molecule has 1 aliphatic heterocycles. The van der Waals surface area contributed by atoms with E-state index in [9.17, 15) is 14.4 Å². The first-order valence-electron chi connectivity index (χ1n) is 9.32. The lowest BCUT2D eigenvalue weighted by Crippen LogP contribution is -2.53. The van der Waals surface area contributed by atoms with Crippen LogP contribution in [0.2, 0.25) is 4.34 Å². The summed E-state index contributed by atoms with van der Waals surface area (Å²) in [4.78, 5) is 38.6. The van der Waals surface area contributed by atoms with Gasteiger partial charge in [0.1, 0.15) is 17.9 Å². The fourth-order valence-corrected chi connectivity index (χ4v) is 3.69. The Morgan fingerprint density at radius 2 is 2.03 bits per heavy atom. The van der Waals surface area contributed by atoms with Gasteiger partial charge in [-0.05, 0) is 38.1 Å². The molecular formula is C20H22ClN3O6S. The third kappa shape index (κ3) is 5.66. The predicted octanol–water partition coefficient (Wildman–Crippen LogP) is 3.28. The van der Waals surface area contributed by atoms with Gasteiger partial charge < -0.3 is 29.7 Å². The molecule has 3 amide bonds. The third-order valence-electron chi connectivity index (χ3n) is 4.44.